The first-order valence-electron chi connectivity index (χ1n) is 10.0. The van der Waals surface area contributed by atoms with E-state index in [1.165, 1.54) is 37.8 Å². The molecule has 26 heavy (non-hydrogen) atoms. The van der Waals surface area contributed by atoms with Crippen molar-refractivity contribution < 1.29 is 4.42 Å². The van der Waals surface area contributed by atoms with Gasteiger partial charge in [0.25, 0.3) is 0 Å². The summed E-state index contributed by atoms with van der Waals surface area (Å²) in [5.41, 5.74) is 4.57. The van der Waals surface area contributed by atoms with Gasteiger partial charge in [0.15, 0.2) is 0 Å². The van der Waals surface area contributed by atoms with E-state index in [0.717, 1.165) is 25.4 Å². The van der Waals surface area contributed by atoms with Crippen molar-refractivity contribution in [3.63, 3.8) is 0 Å². The lowest BCUT2D eigenvalue weighted by molar-refractivity contribution is 0.238. The Kier molecular flexibility index (Phi) is 5.32. The summed E-state index contributed by atoms with van der Waals surface area (Å²) in [6, 6.07) is 12.1. The van der Waals surface area contributed by atoms with E-state index in [2.05, 4.69) is 53.5 Å². The van der Waals surface area contributed by atoms with Gasteiger partial charge in [-0.05, 0) is 81.6 Å². The van der Waals surface area contributed by atoms with Gasteiger partial charge >= 0.3 is 0 Å². The van der Waals surface area contributed by atoms with Crippen molar-refractivity contribution in [2.75, 3.05) is 38.6 Å². The van der Waals surface area contributed by atoms with Crippen LogP contribution in [0.25, 0.3) is 0 Å². The van der Waals surface area contributed by atoms with E-state index in [0.29, 0.717) is 12.1 Å². The van der Waals surface area contributed by atoms with Crippen LogP contribution >= 0.6 is 0 Å². The van der Waals surface area contributed by atoms with Gasteiger partial charge in [0.1, 0.15) is 5.76 Å². The molecular formula is C22H31N3O. The minimum atomic E-state index is 0.291. The van der Waals surface area contributed by atoms with Crippen LogP contribution in [0.4, 0.5) is 5.69 Å². The zero-order valence-corrected chi connectivity index (χ0v) is 16.1. The first-order chi connectivity index (χ1) is 12.7. The van der Waals surface area contributed by atoms with E-state index in [1.807, 2.05) is 6.07 Å². The molecule has 1 saturated heterocycles. The van der Waals surface area contributed by atoms with E-state index < -0.39 is 0 Å². The smallest absolute Gasteiger partial charge is 0.122 e. The van der Waals surface area contributed by atoms with Crippen molar-refractivity contribution in [3.05, 3.63) is 53.5 Å². The number of likely N-dealkylation sites (N-methyl/N-ethyl adjacent to an activating group) is 1. The number of nitrogens with zero attached hydrogens (tertiary/aromatic N) is 2. The molecule has 0 radical (unpaired) electrons. The van der Waals surface area contributed by atoms with E-state index in [1.54, 1.807) is 17.4 Å². The summed E-state index contributed by atoms with van der Waals surface area (Å²) in [5.74, 6) is 1.04. The first kappa shape index (κ1) is 17.6. The molecule has 1 N–H and O–H groups in total. The standard InChI is InChI=1S/C22H31N3O/c1-24(2)21(22-7-4-14-26-22)16-23-19-10-12-25(13-11-19)20-9-8-17-5-3-6-18(17)15-20/h4,7-9,14-15,19,21,23H,3,5-6,10-13,16H2,1-2H3. The Hall–Kier alpha value is -1.78. The van der Waals surface area contributed by atoms with E-state index >= 15 is 0 Å². The molecule has 4 nitrogen and oxygen atoms in total. The molecule has 2 heterocycles. The summed E-state index contributed by atoms with van der Waals surface area (Å²) in [7, 11) is 4.23. The third-order valence-corrected chi connectivity index (χ3v) is 6.04. The molecule has 4 rings (SSSR count). The fourth-order valence-electron chi connectivity index (χ4n) is 4.39. The van der Waals surface area contributed by atoms with Crippen molar-refractivity contribution in [1.82, 2.24) is 10.2 Å². The van der Waals surface area contributed by atoms with Crippen LogP contribution < -0.4 is 10.2 Å². The first-order valence-corrected chi connectivity index (χ1v) is 10.0. The van der Waals surface area contributed by atoms with Gasteiger partial charge in [-0.15, -0.1) is 0 Å². The van der Waals surface area contributed by atoms with Crippen molar-refractivity contribution in [3.8, 4) is 0 Å². The van der Waals surface area contributed by atoms with Crippen LogP contribution in [0.3, 0.4) is 0 Å². The van der Waals surface area contributed by atoms with Gasteiger partial charge in [0, 0.05) is 31.4 Å². The highest BCUT2D eigenvalue weighted by Gasteiger charge is 2.23. The predicted molar refractivity (Wildman–Crippen MR) is 107 cm³/mol. The second kappa shape index (κ2) is 7.85. The van der Waals surface area contributed by atoms with Crippen LogP contribution in [0, 0.1) is 0 Å². The maximum Gasteiger partial charge on any atom is 0.122 e. The van der Waals surface area contributed by atoms with Gasteiger partial charge < -0.3 is 14.6 Å². The van der Waals surface area contributed by atoms with Crippen molar-refractivity contribution in [2.45, 2.75) is 44.2 Å². The highest BCUT2D eigenvalue weighted by molar-refractivity contribution is 5.52. The predicted octanol–water partition coefficient (Wildman–Crippen LogP) is 3.63. The molecule has 0 bridgehead atoms. The average molecular weight is 354 g/mol. The second-order valence-electron chi connectivity index (χ2n) is 7.97. The molecule has 0 spiro atoms. The molecule has 140 valence electrons. The van der Waals surface area contributed by atoms with Crippen molar-refractivity contribution in [2.24, 2.45) is 0 Å². The Morgan fingerprint density at radius 1 is 1.15 bits per heavy atom. The molecule has 2 aromatic rings. The number of benzene rings is 1. The molecule has 1 aliphatic carbocycles. The molecule has 1 aromatic heterocycles. The minimum absolute atomic E-state index is 0.291. The Morgan fingerprint density at radius 2 is 1.96 bits per heavy atom. The SMILES string of the molecule is CN(C)C(CNC1CCN(c2ccc3c(c2)CCC3)CC1)c1ccco1. The normalized spacial score (nSPS) is 19.1. The minimum Gasteiger partial charge on any atom is -0.468 e. The molecule has 1 fully saturated rings. The average Bonchev–Trinajstić information content (AvgIpc) is 3.33. The third kappa shape index (κ3) is 3.81. The number of rotatable bonds is 6. The monoisotopic (exact) mass is 353 g/mol. The van der Waals surface area contributed by atoms with Crippen LogP contribution in [0.5, 0.6) is 0 Å². The fourth-order valence-corrected chi connectivity index (χ4v) is 4.39. The summed E-state index contributed by atoms with van der Waals surface area (Å²) in [4.78, 5) is 4.79. The van der Waals surface area contributed by atoms with E-state index in [4.69, 9.17) is 4.42 Å². The largest absolute Gasteiger partial charge is 0.468 e. The fraction of sp³-hybridized carbons (Fsp3) is 0.545. The van der Waals surface area contributed by atoms with Crippen LogP contribution in [0.15, 0.2) is 41.0 Å². The summed E-state index contributed by atoms with van der Waals surface area (Å²) >= 11 is 0. The number of anilines is 1. The van der Waals surface area contributed by atoms with Gasteiger partial charge in [-0.25, -0.2) is 0 Å². The maximum atomic E-state index is 5.62. The molecule has 0 saturated carbocycles. The highest BCUT2D eigenvalue weighted by atomic mass is 16.3. The van der Waals surface area contributed by atoms with Gasteiger partial charge in [-0.1, -0.05) is 6.07 Å². The van der Waals surface area contributed by atoms with Gasteiger partial charge in [-0.3, -0.25) is 4.90 Å². The lowest BCUT2D eigenvalue weighted by Crippen LogP contribution is -2.44. The number of hydrogen-bond donors (Lipinski definition) is 1. The lowest BCUT2D eigenvalue weighted by Gasteiger charge is -2.35. The lowest BCUT2D eigenvalue weighted by atomic mass is 10.0. The molecular weight excluding hydrogens is 322 g/mol. The molecule has 4 heteroatoms. The molecule has 1 unspecified atom stereocenters. The van der Waals surface area contributed by atoms with E-state index in [9.17, 15) is 0 Å². The van der Waals surface area contributed by atoms with E-state index in [-0.39, 0.29) is 0 Å². The van der Waals surface area contributed by atoms with Crippen LogP contribution in [-0.4, -0.2) is 44.7 Å². The summed E-state index contributed by atoms with van der Waals surface area (Å²) in [6.45, 7) is 3.22. The maximum absolute atomic E-state index is 5.62. The number of hydrogen-bond acceptors (Lipinski definition) is 4. The number of aryl methyl sites for hydroxylation is 2. The number of furan rings is 1. The summed E-state index contributed by atoms with van der Waals surface area (Å²) in [5, 5.41) is 3.78. The second-order valence-corrected chi connectivity index (χ2v) is 7.97. The Labute approximate surface area is 157 Å². The molecule has 1 atom stereocenters. The quantitative estimate of drug-likeness (QED) is 0.859. The highest BCUT2D eigenvalue weighted by Crippen LogP contribution is 2.28. The number of nitrogens with one attached hydrogen (secondary N) is 1. The van der Waals surface area contributed by atoms with Crippen LogP contribution in [0.2, 0.25) is 0 Å². The molecule has 1 aliphatic heterocycles. The van der Waals surface area contributed by atoms with Crippen LogP contribution in [0.1, 0.15) is 42.2 Å². The molecule has 2 aliphatic rings. The summed E-state index contributed by atoms with van der Waals surface area (Å²) in [6.07, 6.45) is 8.03. The zero-order valence-electron chi connectivity index (χ0n) is 16.1. The zero-order chi connectivity index (χ0) is 17.9. The Bertz CT molecular complexity index is 702. The van der Waals surface area contributed by atoms with Gasteiger partial charge in [-0.2, -0.15) is 0 Å². The number of piperidine rings is 1. The molecule has 1 aromatic carbocycles. The van der Waals surface area contributed by atoms with Crippen molar-refractivity contribution >= 4 is 5.69 Å². The van der Waals surface area contributed by atoms with Crippen molar-refractivity contribution in [1.29, 1.82) is 0 Å². The van der Waals surface area contributed by atoms with Gasteiger partial charge in [0.05, 0.1) is 12.3 Å². The molecule has 0 amide bonds. The Balaban J connectivity index is 1.30. The summed E-state index contributed by atoms with van der Waals surface area (Å²) < 4.78 is 5.62. The number of fused-ring (bicyclic) bond motifs is 1. The Morgan fingerprint density at radius 3 is 2.69 bits per heavy atom. The van der Waals surface area contributed by atoms with Crippen LogP contribution in [-0.2, 0) is 12.8 Å². The van der Waals surface area contributed by atoms with Gasteiger partial charge in [0.2, 0.25) is 0 Å². The third-order valence-electron chi connectivity index (χ3n) is 6.04. The topological polar surface area (TPSA) is 31.6 Å².